The molecule has 0 radical (unpaired) electrons. The van der Waals surface area contributed by atoms with Gasteiger partial charge in [0.15, 0.2) is 0 Å². The van der Waals surface area contributed by atoms with E-state index in [0.717, 1.165) is 6.92 Å². The van der Waals surface area contributed by atoms with Crippen LogP contribution >= 0.6 is 0 Å². The van der Waals surface area contributed by atoms with Crippen molar-refractivity contribution in [1.29, 1.82) is 0 Å². The zero-order chi connectivity index (χ0) is 9.94. The SMILES string of the molecule is C[C@H](NC(=O)C(F)(F)F)C(=O)O. The average molecular weight is 185 g/mol. The summed E-state index contributed by atoms with van der Waals surface area (Å²) in [6.45, 7) is 0.936. The van der Waals surface area contributed by atoms with Crippen molar-refractivity contribution < 1.29 is 27.9 Å². The van der Waals surface area contributed by atoms with Crippen molar-refractivity contribution >= 4 is 11.9 Å². The summed E-state index contributed by atoms with van der Waals surface area (Å²) in [5, 5.41) is 9.37. The van der Waals surface area contributed by atoms with Crippen molar-refractivity contribution in [2.75, 3.05) is 0 Å². The van der Waals surface area contributed by atoms with Gasteiger partial charge in [0.1, 0.15) is 6.04 Å². The number of carboxylic acids is 1. The number of carbonyl (C=O) groups is 2. The molecule has 0 aliphatic heterocycles. The van der Waals surface area contributed by atoms with Crippen molar-refractivity contribution in [1.82, 2.24) is 5.32 Å². The van der Waals surface area contributed by atoms with Gasteiger partial charge in [-0.05, 0) is 6.92 Å². The predicted molar refractivity (Wildman–Crippen MR) is 31.3 cm³/mol. The molecular formula is C5H6F3NO3. The quantitative estimate of drug-likeness (QED) is 0.642. The van der Waals surface area contributed by atoms with E-state index in [2.05, 4.69) is 0 Å². The lowest BCUT2D eigenvalue weighted by atomic mass is 10.3. The number of nitrogens with one attached hydrogen (secondary N) is 1. The second-order valence-electron chi connectivity index (χ2n) is 2.03. The van der Waals surface area contributed by atoms with Gasteiger partial charge in [-0.2, -0.15) is 13.2 Å². The lowest BCUT2D eigenvalue weighted by Gasteiger charge is -2.10. The van der Waals surface area contributed by atoms with Crippen LogP contribution in [0.25, 0.3) is 0 Å². The smallest absolute Gasteiger partial charge is 0.471 e. The largest absolute Gasteiger partial charge is 0.480 e. The average Bonchev–Trinajstić information content (AvgIpc) is 1.85. The van der Waals surface area contributed by atoms with E-state index in [0.29, 0.717) is 0 Å². The van der Waals surface area contributed by atoms with Gasteiger partial charge in [0.25, 0.3) is 0 Å². The fourth-order valence-corrected chi connectivity index (χ4v) is 0.340. The van der Waals surface area contributed by atoms with Crippen LogP contribution in [0, 0.1) is 0 Å². The van der Waals surface area contributed by atoms with Gasteiger partial charge in [0, 0.05) is 0 Å². The normalized spacial score (nSPS) is 13.7. The Morgan fingerprint density at radius 2 is 1.83 bits per heavy atom. The first kappa shape index (κ1) is 10.7. The predicted octanol–water partition coefficient (Wildman–Crippen LogP) is 0.138. The molecule has 0 unspecified atom stereocenters. The number of halogens is 3. The number of alkyl halides is 3. The highest BCUT2D eigenvalue weighted by Crippen LogP contribution is 2.14. The summed E-state index contributed by atoms with van der Waals surface area (Å²) in [6, 6.07) is -1.54. The second kappa shape index (κ2) is 3.42. The summed E-state index contributed by atoms with van der Waals surface area (Å²) in [5.74, 6) is -3.77. The first-order valence-corrected chi connectivity index (χ1v) is 2.85. The fraction of sp³-hybridized carbons (Fsp3) is 0.600. The minimum absolute atomic E-state index is 0.936. The highest BCUT2D eigenvalue weighted by atomic mass is 19.4. The number of aliphatic carboxylic acids is 1. The monoisotopic (exact) mass is 185 g/mol. The van der Waals surface area contributed by atoms with Gasteiger partial charge >= 0.3 is 18.1 Å². The molecule has 1 amide bonds. The maximum absolute atomic E-state index is 11.5. The van der Waals surface area contributed by atoms with E-state index in [-0.39, 0.29) is 0 Å². The summed E-state index contributed by atoms with van der Waals surface area (Å²) in [7, 11) is 0. The van der Waals surface area contributed by atoms with Crippen molar-refractivity contribution in [3.8, 4) is 0 Å². The molecule has 0 rings (SSSR count). The molecule has 0 bridgehead atoms. The van der Waals surface area contributed by atoms with Gasteiger partial charge in [0.05, 0.1) is 0 Å². The molecule has 0 aromatic rings. The second-order valence-corrected chi connectivity index (χ2v) is 2.03. The summed E-state index contributed by atoms with van der Waals surface area (Å²) in [6.07, 6.45) is -5.04. The highest BCUT2D eigenvalue weighted by Gasteiger charge is 2.39. The van der Waals surface area contributed by atoms with Crippen molar-refractivity contribution in [3.63, 3.8) is 0 Å². The Kier molecular flexibility index (Phi) is 3.06. The third-order valence-corrected chi connectivity index (χ3v) is 0.975. The van der Waals surface area contributed by atoms with Crippen LogP contribution in [-0.4, -0.2) is 29.2 Å². The Hall–Kier alpha value is -1.27. The van der Waals surface area contributed by atoms with Gasteiger partial charge in [-0.3, -0.25) is 9.59 Å². The Morgan fingerprint density at radius 3 is 2.08 bits per heavy atom. The molecular weight excluding hydrogens is 179 g/mol. The van der Waals surface area contributed by atoms with Crippen LogP contribution in [0.2, 0.25) is 0 Å². The number of hydrogen-bond donors (Lipinski definition) is 2. The van der Waals surface area contributed by atoms with Gasteiger partial charge in [0.2, 0.25) is 0 Å². The van der Waals surface area contributed by atoms with E-state index in [1.54, 1.807) is 0 Å². The molecule has 0 saturated heterocycles. The molecule has 0 heterocycles. The molecule has 0 aromatic heterocycles. The van der Waals surface area contributed by atoms with Crippen molar-refractivity contribution in [2.24, 2.45) is 0 Å². The van der Waals surface area contributed by atoms with Crippen molar-refractivity contribution in [3.05, 3.63) is 0 Å². The van der Waals surface area contributed by atoms with Crippen LogP contribution in [0.15, 0.2) is 0 Å². The standard InChI is InChI=1S/C5H6F3NO3/c1-2(3(10)11)9-4(12)5(6,7)8/h2H,1H3,(H,9,12)(H,10,11)/t2-/m0/s1. The van der Waals surface area contributed by atoms with E-state index in [1.807, 2.05) is 0 Å². The fourth-order valence-electron chi connectivity index (χ4n) is 0.340. The first-order chi connectivity index (χ1) is 5.25. The third-order valence-electron chi connectivity index (χ3n) is 0.975. The third kappa shape index (κ3) is 3.22. The van der Waals surface area contributed by atoms with E-state index in [4.69, 9.17) is 5.11 Å². The lowest BCUT2D eigenvalue weighted by molar-refractivity contribution is -0.175. The minimum atomic E-state index is -5.04. The number of carboxylic acid groups (broad SMARTS) is 1. The Bertz CT molecular complexity index is 201. The first-order valence-electron chi connectivity index (χ1n) is 2.85. The Labute approximate surface area is 65.4 Å². The molecule has 4 nitrogen and oxygen atoms in total. The van der Waals surface area contributed by atoms with Crippen LogP contribution in [0.3, 0.4) is 0 Å². The Morgan fingerprint density at radius 1 is 1.42 bits per heavy atom. The molecule has 0 spiro atoms. The minimum Gasteiger partial charge on any atom is -0.480 e. The molecule has 1 atom stereocenters. The Balaban J connectivity index is 4.11. The topological polar surface area (TPSA) is 66.4 Å². The molecule has 7 heteroatoms. The molecule has 0 fully saturated rings. The summed E-state index contributed by atoms with van der Waals surface area (Å²) in [4.78, 5) is 20.1. The van der Waals surface area contributed by atoms with E-state index in [1.165, 1.54) is 5.32 Å². The number of amides is 1. The zero-order valence-electron chi connectivity index (χ0n) is 5.97. The van der Waals surface area contributed by atoms with Crippen LogP contribution < -0.4 is 5.32 Å². The number of rotatable bonds is 2. The van der Waals surface area contributed by atoms with Crippen LogP contribution in [0.5, 0.6) is 0 Å². The van der Waals surface area contributed by atoms with Gasteiger partial charge in [-0.1, -0.05) is 0 Å². The lowest BCUT2D eigenvalue weighted by Crippen LogP contribution is -2.45. The summed E-state index contributed by atoms with van der Waals surface area (Å²) < 4.78 is 34.4. The molecule has 2 N–H and O–H groups in total. The van der Waals surface area contributed by atoms with E-state index < -0.39 is 24.1 Å². The molecule has 0 saturated carbocycles. The molecule has 70 valence electrons. The number of hydrogen-bond acceptors (Lipinski definition) is 2. The number of carbonyl (C=O) groups excluding carboxylic acids is 1. The van der Waals surface area contributed by atoms with Gasteiger partial charge in [-0.15, -0.1) is 0 Å². The highest BCUT2D eigenvalue weighted by molar-refractivity contribution is 5.86. The van der Waals surface area contributed by atoms with Gasteiger partial charge < -0.3 is 10.4 Å². The van der Waals surface area contributed by atoms with E-state index >= 15 is 0 Å². The summed E-state index contributed by atoms with van der Waals surface area (Å²) >= 11 is 0. The zero-order valence-corrected chi connectivity index (χ0v) is 5.97. The molecule has 12 heavy (non-hydrogen) atoms. The summed E-state index contributed by atoms with van der Waals surface area (Å²) in [5.41, 5.74) is 0. The van der Waals surface area contributed by atoms with Crippen LogP contribution in [0.4, 0.5) is 13.2 Å². The van der Waals surface area contributed by atoms with Crippen molar-refractivity contribution in [2.45, 2.75) is 19.1 Å². The van der Waals surface area contributed by atoms with Crippen LogP contribution in [0.1, 0.15) is 6.92 Å². The van der Waals surface area contributed by atoms with Gasteiger partial charge in [-0.25, -0.2) is 0 Å². The molecule has 0 aliphatic rings. The van der Waals surface area contributed by atoms with E-state index in [9.17, 15) is 22.8 Å². The maximum atomic E-state index is 11.5. The molecule has 0 aliphatic carbocycles. The maximum Gasteiger partial charge on any atom is 0.471 e. The van der Waals surface area contributed by atoms with Crippen LogP contribution in [-0.2, 0) is 9.59 Å². The molecule has 0 aromatic carbocycles.